The van der Waals surface area contributed by atoms with Crippen LogP contribution in [0.2, 0.25) is 10.0 Å². The van der Waals surface area contributed by atoms with E-state index in [4.69, 9.17) is 23.2 Å². The zero-order valence-electron chi connectivity index (χ0n) is 15.0. The molecule has 4 rings (SSSR count). The lowest BCUT2D eigenvalue weighted by Crippen LogP contribution is -2.02. The molecular weight excluding hydrogens is 393 g/mol. The Labute approximate surface area is 173 Å². The Kier molecular flexibility index (Phi) is 5.21. The Morgan fingerprint density at radius 3 is 2.43 bits per heavy atom. The highest BCUT2D eigenvalue weighted by Crippen LogP contribution is 2.30. The van der Waals surface area contributed by atoms with E-state index >= 15 is 0 Å². The molecule has 0 aliphatic heterocycles. The summed E-state index contributed by atoms with van der Waals surface area (Å²) in [5.74, 6) is -0.0669. The number of aromatic hydroxyl groups is 1. The third-order valence-corrected chi connectivity index (χ3v) is 5.41. The van der Waals surface area contributed by atoms with Crippen molar-refractivity contribution in [2.24, 2.45) is 4.99 Å². The van der Waals surface area contributed by atoms with Gasteiger partial charge in [0.15, 0.2) is 5.78 Å². The van der Waals surface area contributed by atoms with E-state index in [-0.39, 0.29) is 16.6 Å². The third-order valence-electron chi connectivity index (χ3n) is 4.90. The van der Waals surface area contributed by atoms with Crippen LogP contribution in [-0.4, -0.2) is 17.1 Å². The van der Waals surface area contributed by atoms with Crippen molar-refractivity contribution in [1.82, 2.24) is 0 Å². The average molecular weight is 410 g/mol. The predicted octanol–water partition coefficient (Wildman–Crippen LogP) is 6.17. The van der Waals surface area contributed by atoms with E-state index < -0.39 is 0 Å². The summed E-state index contributed by atoms with van der Waals surface area (Å²) in [6, 6.07) is 16.1. The van der Waals surface area contributed by atoms with Gasteiger partial charge in [0.1, 0.15) is 5.75 Å². The van der Waals surface area contributed by atoms with E-state index in [2.05, 4.69) is 11.1 Å². The van der Waals surface area contributed by atoms with Crippen molar-refractivity contribution in [3.8, 4) is 5.75 Å². The molecule has 3 aromatic carbocycles. The van der Waals surface area contributed by atoms with Crippen molar-refractivity contribution in [2.75, 3.05) is 0 Å². The number of halogens is 2. The molecule has 140 valence electrons. The second-order valence-corrected chi connectivity index (χ2v) is 7.64. The van der Waals surface area contributed by atoms with Crippen molar-refractivity contribution in [1.29, 1.82) is 0 Å². The normalized spacial score (nSPS) is 13.1. The number of benzene rings is 3. The van der Waals surface area contributed by atoms with Crippen LogP contribution < -0.4 is 0 Å². The van der Waals surface area contributed by atoms with E-state index in [0.29, 0.717) is 21.8 Å². The van der Waals surface area contributed by atoms with Gasteiger partial charge in [-0.25, -0.2) is 0 Å². The summed E-state index contributed by atoms with van der Waals surface area (Å²) in [4.78, 5) is 17.1. The summed E-state index contributed by atoms with van der Waals surface area (Å²) in [5.41, 5.74) is 5.05. The number of rotatable bonds is 4. The lowest BCUT2D eigenvalue weighted by Gasteiger charge is -2.05. The van der Waals surface area contributed by atoms with Gasteiger partial charge in [-0.15, -0.1) is 0 Å². The molecule has 0 bridgehead atoms. The number of aliphatic imine (C=N–C) groups is 1. The number of carbonyl (C=O) groups excluding carboxylic acids is 1. The number of nitrogens with zero attached hydrogens (tertiary/aromatic N) is 1. The van der Waals surface area contributed by atoms with Gasteiger partial charge in [0.2, 0.25) is 0 Å². The zero-order chi connectivity index (χ0) is 19.7. The molecule has 0 fully saturated rings. The standard InChI is InChI=1S/C23H17Cl2NO2/c24-19-11-18(23(28)21(25)12-19)13-26-20-8-6-15(7-9-20)22(27)17-5-4-14-2-1-3-16(14)10-17/h4-13,28H,1-3H2. The number of hydrogen-bond donors (Lipinski definition) is 1. The molecule has 0 radical (unpaired) electrons. The summed E-state index contributed by atoms with van der Waals surface area (Å²) < 4.78 is 0. The second kappa shape index (κ2) is 7.78. The van der Waals surface area contributed by atoms with Crippen LogP contribution in [0.4, 0.5) is 5.69 Å². The van der Waals surface area contributed by atoms with E-state index in [1.54, 1.807) is 30.3 Å². The van der Waals surface area contributed by atoms with E-state index in [9.17, 15) is 9.90 Å². The van der Waals surface area contributed by atoms with Crippen LogP contribution in [0.5, 0.6) is 5.75 Å². The van der Waals surface area contributed by atoms with Gasteiger partial charge in [0, 0.05) is 27.9 Å². The first kappa shape index (κ1) is 18.7. The Hall–Kier alpha value is -2.62. The molecule has 0 saturated carbocycles. The maximum Gasteiger partial charge on any atom is 0.193 e. The molecular formula is C23H17Cl2NO2. The minimum atomic E-state index is -0.0711. The first-order chi connectivity index (χ1) is 13.5. The summed E-state index contributed by atoms with van der Waals surface area (Å²) in [6.07, 6.45) is 4.80. The molecule has 0 atom stereocenters. The Morgan fingerprint density at radius 2 is 1.64 bits per heavy atom. The second-order valence-electron chi connectivity index (χ2n) is 6.80. The molecule has 5 heteroatoms. The van der Waals surface area contributed by atoms with Crippen LogP contribution in [0.3, 0.4) is 0 Å². The summed E-state index contributed by atoms with van der Waals surface area (Å²) >= 11 is 11.9. The molecule has 0 spiro atoms. The van der Waals surface area contributed by atoms with Gasteiger partial charge in [-0.2, -0.15) is 0 Å². The van der Waals surface area contributed by atoms with Crippen LogP contribution in [0, 0.1) is 0 Å². The molecule has 0 amide bonds. The quantitative estimate of drug-likeness (QED) is 0.413. The van der Waals surface area contributed by atoms with Crippen molar-refractivity contribution in [2.45, 2.75) is 19.3 Å². The Balaban J connectivity index is 1.53. The number of fused-ring (bicyclic) bond motifs is 1. The van der Waals surface area contributed by atoms with Crippen LogP contribution in [-0.2, 0) is 12.8 Å². The van der Waals surface area contributed by atoms with Crippen LogP contribution in [0.15, 0.2) is 59.6 Å². The monoisotopic (exact) mass is 409 g/mol. The Bertz CT molecular complexity index is 1090. The maximum absolute atomic E-state index is 12.8. The summed E-state index contributed by atoms with van der Waals surface area (Å²) in [6.45, 7) is 0. The van der Waals surface area contributed by atoms with Gasteiger partial charge in [0.05, 0.1) is 10.7 Å². The fraction of sp³-hybridized carbons (Fsp3) is 0.130. The molecule has 3 aromatic rings. The van der Waals surface area contributed by atoms with Crippen LogP contribution in [0.25, 0.3) is 0 Å². The molecule has 28 heavy (non-hydrogen) atoms. The first-order valence-electron chi connectivity index (χ1n) is 9.00. The summed E-state index contributed by atoms with van der Waals surface area (Å²) in [7, 11) is 0. The minimum absolute atomic E-state index is 0.00416. The zero-order valence-corrected chi connectivity index (χ0v) is 16.5. The fourth-order valence-electron chi connectivity index (χ4n) is 3.41. The van der Waals surface area contributed by atoms with Crippen molar-refractivity contribution in [3.05, 3.63) is 92.5 Å². The topological polar surface area (TPSA) is 49.7 Å². The largest absolute Gasteiger partial charge is 0.506 e. The van der Waals surface area contributed by atoms with Gasteiger partial charge < -0.3 is 5.11 Å². The molecule has 1 N–H and O–H groups in total. The SMILES string of the molecule is O=C(c1ccc(N=Cc2cc(Cl)cc(Cl)c2O)cc1)c1ccc2c(c1)CCC2. The van der Waals surface area contributed by atoms with Gasteiger partial charge in [-0.3, -0.25) is 9.79 Å². The summed E-state index contributed by atoms with van der Waals surface area (Å²) in [5, 5.41) is 10.6. The van der Waals surface area contributed by atoms with E-state index in [0.717, 1.165) is 24.8 Å². The number of carbonyl (C=O) groups is 1. The van der Waals surface area contributed by atoms with Crippen molar-refractivity contribution >= 4 is 40.9 Å². The molecule has 0 aromatic heterocycles. The fourth-order valence-corrected chi connectivity index (χ4v) is 3.92. The van der Waals surface area contributed by atoms with E-state index in [1.807, 2.05) is 12.1 Å². The third kappa shape index (κ3) is 3.82. The van der Waals surface area contributed by atoms with Crippen molar-refractivity contribution in [3.63, 3.8) is 0 Å². The van der Waals surface area contributed by atoms with E-state index in [1.165, 1.54) is 23.4 Å². The number of hydrogen-bond acceptors (Lipinski definition) is 3. The number of phenols is 1. The predicted molar refractivity (Wildman–Crippen MR) is 114 cm³/mol. The molecule has 0 saturated heterocycles. The molecule has 1 aliphatic carbocycles. The average Bonchev–Trinajstić information content (AvgIpc) is 3.17. The highest BCUT2D eigenvalue weighted by atomic mass is 35.5. The van der Waals surface area contributed by atoms with Gasteiger partial charge in [0.25, 0.3) is 0 Å². The smallest absolute Gasteiger partial charge is 0.193 e. The van der Waals surface area contributed by atoms with Crippen LogP contribution >= 0.6 is 23.2 Å². The van der Waals surface area contributed by atoms with Crippen LogP contribution in [0.1, 0.15) is 39.0 Å². The van der Waals surface area contributed by atoms with Gasteiger partial charge in [-0.1, -0.05) is 35.3 Å². The highest BCUT2D eigenvalue weighted by molar-refractivity contribution is 6.36. The number of aryl methyl sites for hydroxylation is 2. The first-order valence-corrected chi connectivity index (χ1v) is 9.75. The highest BCUT2D eigenvalue weighted by Gasteiger charge is 2.15. The Morgan fingerprint density at radius 1 is 0.929 bits per heavy atom. The molecule has 1 aliphatic rings. The maximum atomic E-state index is 12.8. The van der Waals surface area contributed by atoms with Crippen molar-refractivity contribution < 1.29 is 9.90 Å². The van der Waals surface area contributed by atoms with Gasteiger partial charge in [-0.05, 0) is 72.9 Å². The lowest BCUT2D eigenvalue weighted by atomic mass is 9.99. The number of phenolic OH excluding ortho intramolecular Hbond substituents is 1. The minimum Gasteiger partial charge on any atom is -0.506 e. The van der Waals surface area contributed by atoms with Gasteiger partial charge >= 0.3 is 0 Å². The molecule has 0 unspecified atom stereocenters. The molecule has 0 heterocycles. The lowest BCUT2D eigenvalue weighted by molar-refractivity contribution is 0.103. The molecule has 3 nitrogen and oxygen atoms in total. The number of ketones is 1.